The topological polar surface area (TPSA) is 70.0 Å². The molecule has 0 fully saturated rings. The van der Waals surface area contributed by atoms with E-state index in [0.29, 0.717) is 31.5 Å². The number of amides is 1. The van der Waals surface area contributed by atoms with Gasteiger partial charge in [0.25, 0.3) is 0 Å². The maximum Gasteiger partial charge on any atom is 0.225 e. The first-order chi connectivity index (χ1) is 10.5. The number of carbonyl (C=O) groups excluding carboxylic acids is 1. The Kier molecular flexibility index (Phi) is 5.23. The van der Waals surface area contributed by atoms with Gasteiger partial charge in [0.05, 0.1) is 0 Å². The summed E-state index contributed by atoms with van der Waals surface area (Å²) in [5.74, 6) is 3.08. The van der Waals surface area contributed by atoms with E-state index in [1.165, 1.54) is 0 Å². The maximum atomic E-state index is 12.0. The number of anilines is 1. The monoisotopic (exact) mass is 299 g/mol. The van der Waals surface area contributed by atoms with E-state index in [4.69, 9.17) is 6.42 Å². The van der Waals surface area contributed by atoms with Gasteiger partial charge in [-0.2, -0.15) is 10.2 Å². The molecule has 1 aliphatic heterocycles. The van der Waals surface area contributed by atoms with Crippen LogP contribution in [0, 0.1) is 12.3 Å². The Hall–Kier alpha value is -2.26. The molecule has 1 aliphatic rings. The summed E-state index contributed by atoms with van der Waals surface area (Å²) in [6.07, 6.45) is 9.25. The zero-order valence-electron chi connectivity index (χ0n) is 13.0. The van der Waals surface area contributed by atoms with Crippen LogP contribution in [0.1, 0.15) is 31.2 Å². The highest BCUT2D eigenvalue weighted by atomic mass is 16.1. The van der Waals surface area contributed by atoms with Crippen molar-refractivity contribution in [1.29, 1.82) is 0 Å². The molecule has 0 saturated carbocycles. The van der Waals surface area contributed by atoms with Crippen LogP contribution in [0.15, 0.2) is 28.6 Å². The highest BCUT2D eigenvalue weighted by Gasteiger charge is 2.39. The lowest BCUT2D eigenvalue weighted by atomic mass is 10.0. The van der Waals surface area contributed by atoms with Crippen molar-refractivity contribution in [2.75, 3.05) is 19.4 Å². The molecule has 1 amide bonds. The molecule has 2 heterocycles. The van der Waals surface area contributed by atoms with Gasteiger partial charge in [-0.3, -0.25) is 4.79 Å². The standard InChI is InChI=1S/C16H21N5O/c1-4-5-8-16(19-20-16)9-6-15(22)18-14-11-13(7-10-17-14)12-21(2)3/h1,7,10-11H,5-6,8-9,12H2,2-3H3,(H,17,18,22). The number of pyridine rings is 1. The molecule has 22 heavy (non-hydrogen) atoms. The third-order valence-corrected chi connectivity index (χ3v) is 3.40. The predicted molar refractivity (Wildman–Crippen MR) is 85.1 cm³/mol. The summed E-state index contributed by atoms with van der Waals surface area (Å²) < 4.78 is 0. The van der Waals surface area contributed by atoms with Crippen molar-refractivity contribution in [3.8, 4) is 12.3 Å². The van der Waals surface area contributed by atoms with E-state index in [-0.39, 0.29) is 5.91 Å². The molecule has 0 spiro atoms. The molecule has 0 aromatic carbocycles. The third-order valence-electron chi connectivity index (χ3n) is 3.40. The van der Waals surface area contributed by atoms with Gasteiger partial charge in [0.2, 0.25) is 5.91 Å². The maximum absolute atomic E-state index is 12.0. The van der Waals surface area contributed by atoms with Crippen LogP contribution in [0.5, 0.6) is 0 Å². The van der Waals surface area contributed by atoms with Gasteiger partial charge in [-0.1, -0.05) is 0 Å². The van der Waals surface area contributed by atoms with E-state index in [0.717, 1.165) is 12.1 Å². The average Bonchev–Trinajstić information content (AvgIpc) is 3.23. The van der Waals surface area contributed by atoms with Gasteiger partial charge in [-0.25, -0.2) is 4.98 Å². The summed E-state index contributed by atoms with van der Waals surface area (Å²) in [6.45, 7) is 0.804. The molecule has 0 unspecified atom stereocenters. The minimum atomic E-state index is -0.413. The Morgan fingerprint density at radius 2 is 2.18 bits per heavy atom. The largest absolute Gasteiger partial charge is 0.311 e. The fraction of sp³-hybridized carbons (Fsp3) is 0.500. The lowest BCUT2D eigenvalue weighted by molar-refractivity contribution is -0.116. The van der Waals surface area contributed by atoms with Crippen LogP contribution in [0.25, 0.3) is 0 Å². The minimum absolute atomic E-state index is 0.0770. The molecule has 116 valence electrons. The lowest BCUT2D eigenvalue weighted by Gasteiger charge is -2.11. The van der Waals surface area contributed by atoms with Crippen LogP contribution in [0.2, 0.25) is 0 Å². The second-order valence-electron chi connectivity index (χ2n) is 5.72. The number of terminal acetylenes is 1. The Bertz CT molecular complexity index is 597. The van der Waals surface area contributed by atoms with Gasteiger partial charge < -0.3 is 10.2 Å². The highest BCUT2D eigenvalue weighted by molar-refractivity contribution is 5.89. The van der Waals surface area contributed by atoms with Gasteiger partial charge in [-0.15, -0.1) is 12.3 Å². The van der Waals surface area contributed by atoms with E-state index in [9.17, 15) is 4.79 Å². The predicted octanol–water partition coefficient (Wildman–Crippen LogP) is 2.44. The van der Waals surface area contributed by atoms with Crippen LogP contribution in [-0.2, 0) is 11.3 Å². The summed E-state index contributed by atoms with van der Waals surface area (Å²) in [7, 11) is 3.99. The number of rotatable bonds is 8. The molecule has 0 saturated heterocycles. The third kappa shape index (κ3) is 4.93. The molecule has 0 radical (unpaired) electrons. The molecule has 1 aromatic heterocycles. The number of aromatic nitrogens is 1. The van der Waals surface area contributed by atoms with Crippen molar-refractivity contribution < 1.29 is 4.79 Å². The number of hydrogen-bond acceptors (Lipinski definition) is 5. The lowest BCUT2D eigenvalue weighted by Crippen LogP contribution is -2.18. The van der Waals surface area contributed by atoms with Gasteiger partial charge >= 0.3 is 0 Å². The van der Waals surface area contributed by atoms with E-state index in [1.54, 1.807) is 6.20 Å². The second-order valence-corrected chi connectivity index (χ2v) is 5.72. The molecule has 0 atom stereocenters. The Morgan fingerprint density at radius 3 is 2.82 bits per heavy atom. The van der Waals surface area contributed by atoms with Crippen molar-refractivity contribution in [2.45, 2.75) is 37.9 Å². The van der Waals surface area contributed by atoms with Crippen LogP contribution in [-0.4, -0.2) is 35.5 Å². The molecule has 1 N–H and O–H groups in total. The van der Waals surface area contributed by atoms with Gasteiger partial charge in [0.1, 0.15) is 5.82 Å². The van der Waals surface area contributed by atoms with Crippen molar-refractivity contribution in [1.82, 2.24) is 9.88 Å². The fourth-order valence-electron chi connectivity index (χ4n) is 2.19. The van der Waals surface area contributed by atoms with Crippen molar-refractivity contribution in [2.24, 2.45) is 10.2 Å². The first-order valence-electron chi connectivity index (χ1n) is 7.30. The first kappa shape index (κ1) is 16.1. The first-order valence-corrected chi connectivity index (χ1v) is 7.30. The number of hydrogen-bond donors (Lipinski definition) is 1. The molecular weight excluding hydrogens is 278 g/mol. The normalized spacial score (nSPS) is 14.6. The minimum Gasteiger partial charge on any atom is -0.311 e. The Balaban J connectivity index is 1.81. The van der Waals surface area contributed by atoms with Crippen LogP contribution in [0.3, 0.4) is 0 Å². The fourth-order valence-corrected chi connectivity index (χ4v) is 2.19. The number of nitrogens with one attached hydrogen (secondary N) is 1. The number of carbonyl (C=O) groups is 1. The molecule has 0 aliphatic carbocycles. The Labute approximate surface area is 131 Å². The average molecular weight is 299 g/mol. The van der Waals surface area contributed by atoms with Crippen LogP contribution >= 0.6 is 0 Å². The van der Waals surface area contributed by atoms with Crippen molar-refractivity contribution >= 4 is 11.7 Å². The SMILES string of the molecule is C#CCCC1(CCC(=O)Nc2cc(CN(C)C)ccn2)N=N1. The quantitative estimate of drug-likeness (QED) is 0.749. The molecule has 1 aromatic rings. The van der Waals surface area contributed by atoms with Crippen molar-refractivity contribution in [3.63, 3.8) is 0 Å². The van der Waals surface area contributed by atoms with E-state index in [2.05, 4.69) is 31.3 Å². The van der Waals surface area contributed by atoms with Crippen molar-refractivity contribution in [3.05, 3.63) is 23.9 Å². The summed E-state index contributed by atoms with van der Waals surface area (Å²) in [6, 6.07) is 3.82. The Morgan fingerprint density at radius 1 is 1.41 bits per heavy atom. The number of nitrogens with zero attached hydrogens (tertiary/aromatic N) is 4. The summed E-state index contributed by atoms with van der Waals surface area (Å²) in [4.78, 5) is 18.2. The van der Waals surface area contributed by atoms with Gasteiger partial charge in [0.15, 0.2) is 5.66 Å². The molecule has 2 rings (SSSR count). The summed E-state index contributed by atoms with van der Waals surface area (Å²) in [5, 5.41) is 10.9. The highest BCUT2D eigenvalue weighted by Crippen LogP contribution is 2.37. The second kappa shape index (κ2) is 7.14. The van der Waals surface area contributed by atoms with Gasteiger partial charge in [-0.05, 0) is 31.8 Å². The molecule has 6 heteroatoms. The smallest absolute Gasteiger partial charge is 0.225 e. The van der Waals surface area contributed by atoms with Crippen LogP contribution in [0.4, 0.5) is 5.82 Å². The summed E-state index contributed by atoms with van der Waals surface area (Å²) in [5.41, 5.74) is 0.692. The molecule has 6 nitrogen and oxygen atoms in total. The van der Waals surface area contributed by atoms with Gasteiger partial charge in [0, 0.05) is 38.4 Å². The van der Waals surface area contributed by atoms with E-state index in [1.807, 2.05) is 26.2 Å². The van der Waals surface area contributed by atoms with E-state index >= 15 is 0 Å². The van der Waals surface area contributed by atoms with E-state index < -0.39 is 5.66 Å². The zero-order chi connectivity index (χ0) is 16.0. The molecular formula is C16H21N5O. The van der Waals surface area contributed by atoms with Crippen LogP contribution < -0.4 is 5.32 Å². The zero-order valence-corrected chi connectivity index (χ0v) is 13.0. The summed E-state index contributed by atoms with van der Waals surface area (Å²) >= 11 is 0. The molecule has 0 bridgehead atoms.